The summed E-state index contributed by atoms with van der Waals surface area (Å²) in [6.07, 6.45) is 3.72. The summed E-state index contributed by atoms with van der Waals surface area (Å²) in [7, 11) is -3.27. The second kappa shape index (κ2) is 10.5. The minimum Gasteiger partial charge on any atom is -0.381 e. The van der Waals surface area contributed by atoms with E-state index in [1.165, 1.54) is 0 Å². The molecule has 2 fully saturated rings. The van der Waals surface area contributed by atoms with Crippen molar-refractivity contribution in [2.75, 3.05) is 19.0 Å². The van der Waals surface area contributed by atoms with Crippen molar-refractivity contribution in [3.05, 3.63) is 74.8 Å². The molecule has 3 aromatic rings. The average molecular weight is 564 g/mol. The third-order valence-corrected chi connectivity index (χ3v) is 9.58. The number of carbonyl (C=O) groups is 1. The lowest BCUT2D eigenvalue weighted by atomic mass is 9.92. The standard InChI is InChI=1S/C27H28Cl2N2O5S/c1-2-37(33,34)21-5-3-17(4-6-21)13-20(32)14-18-15-22(28)24(23(29)16-18)27(9-10-27)26-30-25(36-31-26)19-7-11-35-12-8-19/h3-6,15-16,19H,2,7-14H2,1H3. The van der Waals surface area contributed by atoms with E-state index < -0.39 is 15.3 Å². The monoisotopic (exact) mass is 562 g/mol. The lowest BCUT2D eigenvalue weighted by Crippen LogP contribution is -2.16. The minimum absolute atomic E-state index is 0.0219. The molecule has 2 aromatic carbocycles. The molecule has 37 heavy (non-hydrogen) atoms. The van der Waals surface area contributed by atoms with Gasteiger partial charge in [0, 0.05) is 47.6 Å². The van der Waals surface area contributed by atoms with Crippen molar-refractivity contribution in [1.29, 1.82) is 0 Å². The van der Waals surface area contributed by atoms with E-state index >= 15 is 0 Å². The van der Waals surface area contributed by atoms with E-state index in [1.54, 1.807) is 43.3 Å². The van der Waals surface area contributed by atoms with Gasteiger partial charge in [0.1, 0.15) is 5.78 Å². The molecule has 1 saturated carbocycles. The Morgan fingerprint density at radius 2 is 1.65 bits per heavy atom. The van der Waals surface area contributed by atoms with Crippen LogP contribution in [0.3, 0.4) is 0 Å². The predicted octanol–water partition coefficient (Wildman–Crippen LogP) is 5.50. The molecule has 2 aliphatic rings. The lowest BCUT2D eigenvalue weighted by molar-refractivity contribution is -0.117. The van der Waals surface area contributed by atoms with Crippen LogP contribution in [0.15, 0.2) is 45.8 Å². The Bertz CT molecular complexity index is 1390. The summed E-state index contributed by atoms with van der Waals surface area (Å²) in [5, 5.41) is 5.26. The fraction of sp³-hybridized carbons (Fsp3) is 0.444. The third kappa shape index (κ3) is 5.48. The Hall–Kier alpha value is -2.26. The van der Waals surface area contributed by atoms with Crippen molar-refractivity contribution in [3.8, 4) is 0 Å². The van der Waals surface area contributed by atoms with E-state index in [2.05, 4.69) is 5.16 Å². The number of aromatic nitrogens is 2. The number of hydrogen-bond donors (Lipinski definition) is 0. The Kier molecular flexibility index (Phi) is 7.47. The van der Waals surface area contributed by atoms with Crippen molar-refractivity contribution in [1.82, 2.24) is 10.1 Å². The van der Waals surface area contributed by atoms with Crippen molar-refractivity contribution in [2.45, 2.75) is 61.7 Å². The molecule has 0 bridgehead atoms. The summed E-state index contributed by atoms with van der Waals surface area (Å²) in [4.78, 5) is 17.8. The van der Waals surface area contributed by atoms with Gasteiger partial charge in [-0.1, -0.05) is 47.4 Å². The third-order valence-electron chi connectivity index (χ3n) is 7.24. The Labute approximate surface area is 226 Å². The molecule has 0 spiro atoms. The van der Waals surface area contributed by atoms with Crippen LogP contribution < -0.4 is 0 Å². The fourth-order valence-electron chi connectivity index (χ4n) is 4.93. The number of halogens is 2. The first-order valence-electron chi connectivity index (χ1n) is 12.5. The molecule has 0 radical (unpaired) electrons. The maximum Gasteiger partial charge on any atom is 0.229 e. The number of hydrogen-bond acceptors (Lipinski definition) is 7. The van der Waals surface area contributed by atoms with Crippen molar-refractivity contribution in [2.24, 2.45) is 0 Å². The summed E-state index contributed by atoms with van der Waals surface area (Å²) in [6.45, 7) is 2.99. The van der Waals surface area contributed by atoms with Gasteiger partial charge in [-0.2, -0.15) is 4.98 Å². The SMILES string of the molecule is CCS(=O)(=O)c1ccc(CC(=O)Cc2cc(Cl)c(C3(c4noc(C5CCOCC5)n4)CC3)c(Cl)c2)cc1. The van der Waals surface area contributed by atoms with Crippen LogP contribution in [0.1, 0.15) is 66.9 Å². The van der Waals surface area contributed by atoms with Gasteiger partial charge in [-0.25, -0.2) is 8.42 Å². The molecule has 0 amide bonds. The van der Waals surface area contributed by atoms with E-state index in [1.807, 2.05) is 0 Å². The summed E-state index contributed by atoms with van der Waals surface area (Å²) < 4.78 is 35.0. The minimum atomic E-state index is -3.27. The second-order valence-corrected chi connectivity index (χ2v) is 12.9. The van der Waals surface area contributed by atoms with Crippen LogP contribution in [-0.2, 0) is 37.6 Å². The van der Waals surface area contributed by atoms with Crippen LogP contribution >= 0.6 is 23.2 Å². The van der Waals surface area contributed by atoms with Gasteiger partial charge in [-0.05, 0) is 61.1 Å². The van der Waals surface area contributed by atoms with Crippen LogP contribution in [0.25, 0.3) is 0 Å². The van der Waals surface area contributed by atoms with E-state index in [9.17, 15) is 13.2 Å². The molecule has 1 saturated heterocycles. The highest BCUT2D eigenvalue weighted by molar-refractivity contribution is 7.91. The number of nitrogens with zero attached hydrogens (tertiary/aromatic N) is 2. The van der Waals surface area contributed by atoms with Gasteiger partial charge >= 0.3 is 0 Å². The van der Waals surface area contributed by atoms with Gasteiger partial charge in [0.15, 0.2) is 15.7 Å². The average Bonchev–Trinajstić information content (AvgIpc) is 3.50. The van der Waals surface area contributed by atoms with Gasteiger partial charge in [0.05, 0.1) is 16.1 Å². The van der Waals surface area contributed by atoms with Crippen LogP contribution in [-0.4, -0.2) is 43.3 Å². The lowest BCUT2D eigenvalue weighted by Gasteiger charge is -2.18. The second-order valence-electron chi connectivity index (χ2n) is 9.80. The Morgan fingerprint density at radius 3 is 2.24 bits per heavy atom. The number of rotatable bonds is 9. The van der Waals surface area contributed by atoms with Crippen molar-refractivity contribution in [3.63, 3.8) is 0 Å². The predicted molar refractivity (Wildman–Crippen MR) is 140 cm³/mol. The molecular formula is C27H28Cl2N2O5S. The van der Waals surface area contributed by atoms with E-state index in [4.69, 9.17) is 37.4 Å². The molecule has 1 aliphatic carbocycles. The maximum absolute atomic E-state index is 12.8. The summed E-state index contributed by atoms with van der Waals surface area (Å²) in [5.41, 5.74) is 1.78. The van der Waals surface area contributed by atoms with Crippen molar-refractivity contribution < 1.29 is 22.5 Å². The van der Waals surface area contributed by atoms with Crippen LogP contribution in [0, 0.1) is 0 Å². The number of carbonyl (C=O) groups excluding carboxylic acids is 1. The zero-order chi connectivity index (χ0) is 26.2. The highest BCUT2D eigenvalue weighted by atomic mass is 35.5. The zero-order valence-electron chi connectivity index (χ0n) is 20.5. The van der Waals surface area contributed by atoms with Crippen LogP contribution in [0.2, 0.25) is 10.0 Å². The van der Waals surface area contributed by atoms with Gasteiger partial charge in [-0.3, -0.25) is 4.79 Å². The van der Waals surface area contributed by atoms with Gasteiger partial charge in [0.25, 0.3) is 0 Å². The topological polar surface area (TPSA) is 99.4 Å². The summed E-state index contributed by atoms with van der Waals surface area (Å²) in [5.74, 6) is 1.46. The number of benzene rings is 2. The maximum atomic E-state index is 12.8. The molecule has 1 aromatic heterocycles. The van der Waals surface area contributed by atoms with E-state index in [0.29, 0.717) is 35.0 Å². The number of ether oxygens (including phenoxy) is 1. The Morgan fingerprint density at radius 1 is 1.03 bits per heavy atom. The molecule has 0 unspecified atom stereocenters. The molecule has 2 heterocycles. The molecule has 7 nitrogen and oxygen atoms in total. The number of sulfone groups is 1. The smallest absolute Gasteiger partial charge is 0.229 e. The van der Waals surface area contributed by atoms with E-state index in [-0.39, 0.29) is 35.2 Å². The first-order valence-corrected chi connectivity index (χ1v) is 14.9. The van der Waals surface area contributed by atoms with Gasteiger partial charge < -0.3 is 9.26 Å². The molecule has 0 N–H and O–H groups in total. The van der Waals surface area contributed by atoms with Gasteiger partial charge in [-0.15, -0.1) is 0 Å². The Balaban J connectivity index is 1.29. The molecular weight excluding hydrogens is 535 g/mol. The molecule has 0 atom stereocenters. The normalized spacial score (nSPS) is 17.6. The highest BCUT2D eigenvalue weighted by Crippen LogP contribution is 2.56. The molecule has 196 valence electrons. The first kappa shape index (κ1) is 26.4. The quantitative estimate of drug-likeness (QED) is 0.339. The summed E-state index contributed by atoms with van der Waals surface area (Å²) >= 11 is 13.5. The molecule has 1 aliphatic heterocycles. The van der Waals surface area contributed by atoms with Crippen LogP contribution in [0.5, 0.6) is 0 Å². The zero-order valence-corrected chi connectivity index (χ0v) is 22.8. The highest BCUT2D eigenvalue weighted by Gasteiger charge is 2.52. The number of ketones is 1. The van der Waals surface area contributed by atoms with Gasteiger partial charge in [0.2, 0.25) is 5.89 Å². The number of Topliss-reactive ketones (excluding diaryl/α,β-unsaturated/α-hetero) is 1. The van der Waals surface area contributed by atoms with E-state index in [0.717, 1.165) is 42.4 Å². The fourth-order valence-corrected chi connectivity index (χ4v) is 6.71. The summed E-state index contributed by atoms with van der Waals surface area (Å²) in [6, 6.07) is 10.0. The largest absolute Gasteiger partial charge is 0.381 e. The first-order chi connectivity index (χ1) is 17.7. The van der Waals surface area contributed by atoms with Crippen molar-refractivity contribution >= 4 is 38.8 Å². The molecule has 10 heteroatoms. The molecule has 5 rings (SSSR count). The van der Waals surface area contributed by atoms with Crippen LogP contribution in [0.4, 0.5) is 0 Å².